The highest BCUT2D eigenvalue weighted by atomic mass is 32.1. The van der Waals surface area contributed by atoms with E-state index in [-0.39, 0.29) is 5.91 Å². The molecule has 4 N–H and O–H groups in total. The van der Waals surface area contributed by atoms with Gasteiger partial charge in [0.15, 0.2) is 0 Å². The molecule has 2 aromatic heterocycles. The predicted molar refractivity (Wildman–Crippen MR) is 59.9 cm³/mol. The lowest BCUT2D eigenvalue weighted by atomic mass is 10.2. The molecule has 2 aromatic rings. The lowest BCUT2D eigenvalue weighted by Gasteiger charge is -2.06. The third-order valence-corrected chi connectivity index (χ3v) is 2.41. The summed E-state index contributed by atoms with van der Waals surface area (Å²) in [6.07, 6.45) is 2.98. The van der Waals surface area contributed by atoms with Crippen LogP contribution >= 0.6 is 11.3 Å². The van der Waals surface area contributed by atoms with Gasteiger partial charge in [-0.25, -0.2) is 0 Å². The van der Waals surface area contributed by atoms with E-state index in [1.165, 1.54) is 29.2 Å². The molecule has 0 aliphatic heterocycles. The van der Waals surface area contributed by atoms with E-state index in [4.69, 9.17) is 5.84 Å². The van der Waals surface area contributed by atoms with Gasteiger partial charge in [0.1, 0.15) is 5.51 Å². The summed E-state index contributed by atoms with van der Waals surface area (Å²) in [7, 11) is 0. The SMILES string of the molecule is NNc1cnccc1C(=O)Nc1nncs1. The summed E-state index contributed by atoms with van der Waals surface area (Å²) in [5, 5.41) is 10.3. The Hall–Kier alpha value is -2.06. The van der Waals surface area contributed by atoms with Crippen molar-refractivity contribution in [1.82, 2.24) is 15.2 Å². The maximum atomic E-state index is 11.8. The van der Waals surface area contributed by atoms with E-state index in [1.54, 1.807) is 6.07 Å². The van der Waals surface area contributed by atoms with Crippen LogP contribution in [-0.2, 0) is 0 Å². The van der Waals surface area contributed by atoms with Crippen molar-refractivity contribution in [3.63, 3.8) is 0 Å². The number of nitrogens with one attached hydrogen (secondary N) is 2. The summed E-state index contributed by atoms with van der Waals surface area (Å²) in [5.41, 5.74) is 4.78. The fourth-order valence-electron chi connectivity index (χ4n) is 1.10. The largest absolute Gasteiger partial charge is 0.322 e. The van der Waals surface area contributed by atoms with Crippen LogP contribution < -0.4 is 16.6 Å². The minimum Gasteiger partial charge on any atom is -0.322 e. The number of aromatic nitrogens is 3. The predicted octanol–water partition coefficient (Wildman–Crippen LogP) is 0.471. The Kier molecular flexibility index (Phi) is 3.03. The van der Waals surface area contributed by atoms with Crippen LogP contribution in [0.5, 0.6) is 0 Å². The molecule has 2 rings (SSSR count). The van der Waals surface area contributed by atoms with Gasteiger partial charge in [0.2, 0.25) is 5.13 Å². The molecule has 0 atom stereocenters. The second-order valence-electron chi connectivity index (χ2n) is 2.76. The van der Waals surface area contributed by atoms with Gasteiger partial charge in [-0.2, -0.15) is 0 Å². The standard InChI is InChI=1S/C8H8N6OS/c9-13-6-3-10-2-1-5(6)7(15)12-8-14-11-4-16-8/h1-4,13H,9H2,(H,12,14,15). The molecule has 2 heterocycles. The average molecular weight is 236 g/mol. The molecule has 0 fully saturated rings. The van der Waals surface area contributed by atoms with Gasteiger partial charge in [-0.1, -0.05) is 11.3 Å². The molecule has 7 nitrogen and oxygen atoms in total. The number of nitrogens with two attached hydrogens (primary N) is 1. The molecule has 1 amide bonds. The number of carbonyl (C=O) groups excluding carboxylic acids is 1. The smallest absolute Gasteiger partial charge is 0.259 e. The summed E-state index contributed by atoms with van der Waals surface area (Å²) >= 11 is 1.24. The van der Waals surface area contributed by atoms with Crippen LogP contribution in [0.2, 0.25) is 0 Å². The van der Waals surface area contributed by atoms with Gasteiger partial charge in [-0.05, 0) is 6.07 Å². The molecule has 0 bridgehead atoms. The molecule has 8 heteroatoms. The molecule has 82 valence electrons. The Labute approximate surface area is 94.7 Å². The van der Waals surface area contributed by atoms with Gasteiger partial charge in [0, 0.05) is 6.20 Å². The molecular formula is C8H8N6OS. The lowest BCUT2D eigenvalue weighted by molar-refractivity contribution is 0.102. The Morgan fingerprint density at radius 2 is 2.38 bits per heavy atom. The zero-order valence-electron chi connectivity index (χ0n) is 8.04. The van der Waals surface area contributed by atoms with E-state index in [0.29, 0.717) is 16.4 Å². The zero-order chi connectivity index (χ0) is 11.4. The molecule has 0 saturated heterocycles. The summed E-state index contributed by atoms with van der Waals surface area (Å²) in [5.74, 6) is 4.95. The van der Waals surface area contributed by atoms with Gasteiger partial charge < -0.3 is 5.43 Å². The number of nitrogens with zero attached hydrogens (tertiary/aromatic N) is 3. The van der Waals surface area contributed by atoms with Gasteiger partial charge in [-0.15, -0.1) is 10.2 Å². The van der Waals surface area contributed by atoms with Crippen molar-refractivity contribution in [3.8, 4) is 0 Å². The topological polar surface area (TPSA) is 106 Å². The van der Waals surface area contributed by atoms with Crippen molar-refractivity contribution in [1.29, 1.82) is 0 Å². The minimum absolute atomic E-state index is 0.313. The molecule has 0 aromatic carbocycles. The molecule has 0 radical (unpaired) electrons. The lowest BCUT2D eigenvalue weighted by Crippen LogP contribution is -2.17. The van der Waals surface area contributed by atoms with E-state index >= 15 is 0 Å². The molecule has 0 aliphatic carbocycles. The average Bonchev–Trinajstić information content (AvgIpc) is 2.81. The van der Waals surface area contributed by atoms with Crippen LogP contribution in [0.1, 0.15) is 10.4 Å². The van der Waals surface area contributed by atoms with Crippen molar-refractivity contribution >= 4 is 28.1 Å². The van der Waals surface area contributed by atoms with Crippen LogP contribution in [-0.4, -0.2) is 21.1 Å². The highest BCUT2D eigenvalue weighted by molar-refractivity contribution is 7.13. The summed E-state index contributed by atoms with van der Waals surface area (Å²) in [6.45, 7) is 0. The number of amides is 1. The van der Waals surface area contributed by atoms with Crippen molar-refractivity contribution in [2.24, 2.45) is 5.84 Å². The number of carbonyl (C=O) groups is 1. The number of anilines is 2. The fourth-order valence-corrected chi connectivity index (χ4v) is 1.54. The first-order valence-electron chi connectivity index (χ1n) is 4.29. The first-order chi connectivity index (χ1) is 7.81. The van der Waals surface area contributed by atoms with E-state index in [0.717, 1.165) is 0 Å². The summed E-state index contributed by atoms with van der Waals surface area (Å²) in [6, 6.07) is 1.56. The maximum absolute atomic E-state index is 11.8. The van der Waals surface area contributed by atoms with Crippen LogP contribution in [0.15, 0.2) is 24.0 Å². The molecule has 0 unspecified atom stereocenters. The Balaban J connectivity index is 2.21. The number of hydrogen-bond acceptors (Lipinski definition) is 7. The number of nitrogen functional groups attached to an aromatic ring is 1. The Morgan fingerprint density at radius 1 is 1.50 bits per heavy atom. The molecule has 0 aliphatic rings. The van der Waals surface area contributed by atoms with Crippen LogP contribution in [0, 0.1) is 0 Å². The van der Waals surface area contributed by atoms with Crippen LogP contribution in [0.25, 0.3) is 0 Å². The van der Waals surface area contributed by atoms with Crippen molar-refractivity contribution in [3.05, 3.63) is 29.5 Å². The highest BCUT2D eigenvalue weighted by Crippen LogP contribution is 2.15. The third-order valence-electron chi connectivity index (χ3n) is 1.80. The Bertz CT molecular complexity index is 485. The summed E-state index contributed by atoms with van der Waals surface area (Å²) < 4.78 is 0. The van der Waals surface area contributed by atoms with Gasteiger partial charge in [0.25, 0.3) is 5.91 Å². The second-order valence-corrected chi connectivity index (χ2v) is 3.60. The van der Waals surface area contributed by atoms with E-state index < -0.39 is 0 Å². The van der Waals surface area contributed by atoms with Crippen molar-refractivity contribution in [2.45, 2.75) is 0 Å². The summed E-state index contributed by atoms with van der Waals surface area (Å²) in [4.78, 5) is 15.6. The monoisotopic (exact) mass is 236 g/mol. The van der Waals surface area contributed by atoms with Crippen molar-refractivity contribution in [2.75, 3.05) is 10.7 Å². The molecule has 0 spiro atoms. The molecular weight excluding hydrogens is 228 g/mol. The van der Waals surface area contributed by atoms with Crippen LogP contribution in [0.4, 0.5) is 10.8 Å². The first-order valence-corrected chi connectivity index (χ1v) is 5.17. The molecule has 16 heavy (non-hydrogen) atoms. The quantitative estimate of drug-likeness (QED) is 0.528. The first kappa shape index (κ1) is 10.5. The minimum atomic E-state index is -0.313. The second kappa shape index (κ2) is 4.64. The van der Waals surface area contributed by atoms with E-state index in [1.807, 2.05) is 0 Å². The fraction of sp³-hybridized carbons (Fsp3) is 0. The maximum Gasteiger partial charge on any atom is 0.259 e. The number of rotatable bonds is 3. The van der Waals surface area contributed by atoms with Gasteiger partial charge in [0.05, 0.1) is 17.4 Å². The number of hydrogen-bond donors (Lipinski definition) is 3. The highest BCUT2D eigenvalue weighted by Gasteiger charge is 2.11. The van der Waals surface area contributed by atoms with Gasteiger partial charge in [-0.3, -0.25) is 20.9 Å². The zero-order valence-corrected chi connectivity index (χ0v) is 8.86. The number of hydrazine groups is 1. The molecule has 0 saturated carbocycles. The normalized spacial score (nSPS) is 9.81. The Morgan fingerprint density at radius 3 is 3.06 bits per heavy atom. The third kappa shape index (κ3) is 2.12. The van der Waals surface area contributed by atoms with E-state index in [9.17, 15) is 4.79 Å². The number of pyridine rings is 1. The van der Waals surface area contributed by atoms with Crippen molar-refractivity contribution < 1.29 is 4.79 Å². The van der Waals surface area contributed by atoms with E-state index in [2.05, 4.69) is 25.9 Å². The van der Waals surface area contributed by atoms with Gasteiger partial charge >= 0.3 is 0 Å². The van der Waals surface area contributed by atoms with Crippen LogP contribution in [0.3, 0.4) is 0 Å².